The van der Waals surface area contributed by atoms with Crippen LogP contribution in [0.5, 0.6) is 0 Å². The summed E-state index contributed by atoms with van der Waals surface area (Å²) >= 11 is 1.56. The summed E-state index contributed by atoms with van der Waals surface area (Å²) in [6, 6.07) is 10.1. The molecular formula is C14H17N5S. The van der Waals surface area contributed by atoms with Crippen LogP contribution in [-0.2, 0) is 6.42 Å². The first-order valence-electron chi connectivity index (χ1n) is 6.67. The Hall–Kier alpha value is -1.79. The summed E-state index contributed by atoms with van der Waals surface area (Å²) in [4.78, 5) is 0.815. The van der Waals surface area contributed by atoms with Gasteiger partial charge in [0.2, 0.25) is 4.96 Å². The van der Waals surface area contributed by atoms with Gasteiger partial charge in [-0.15, -0.1) is 10.2 Å². The van der Waals surface area contributed by atoms with Gasteiger partial charge in [-0.2, -0.15) is 9.61 Å². The van der Waals surface area contributed by atoms with E-state index < -0.39 is 0 Å². The first kappa shape index (κ1) is 13.2. The molecule has 0 aliphatic carbocycles. The Balaban J connectivity index is 1.95. The molecule has 1 aromatic carbocycles. The molecule has 0 amide bonds. The summed E-state index contributed by atoms with van der Waals surface area (Å²) in [5, 5.41) is 14.0. The Labute approximate surface area is 121 Å². The minimum absolute atomic E-state index is 0.124. The molecule has 1 unspecified atom stereocenters. The highest BCUT2D eigenvalue weighted by Gasteiger charge is 2.16. The summed E-state index contributed by atoms with van der Waals surface area (Å²) in [6.07, 6.45) is 0.778. The van der Waals surface area contributed by atoms with Crippen LogP contribution in [0, 0.1) is 5.92 Å². The fourth-order valence-corrected chi connectivity index (χ4v) is 2.85. The van der Waals surface area contributed by atoms with Crippen molar-refractivity contribution < 1.29 is 0 Å². The zero-order valence-electron chi connectivity index (χ0n) is 11.5. The lowest BCUT2D eigenvalue weighted by molar-refractivity contribution is 0.488. The van der Waals surface area contributed by atoms with Crippen molar-refractivity contribution in [2.75, 3.05) is 0 Å². The van der Waals surface area contributed by atoms with Gasteiger partial charge >= 0.3 is 0 Å². The summed E-state index contributed by atoms with van der Waals surface area (Å²) in [5.41, 5.74) is 7.13. The molecule has 0 fully saturated rings. The van der Waals surface area contributed by atoms with E-state index in [9.17, 15) is 0 Å². The lowest BCUT2D eigenvalue weighted by atomic mass is 10.0. The van der Waals surface area contributed by atoms with Gasteiger partial charge in [-0.25, -0.2) is 0 Å². The van der Waals surface area contributed by atoms with Gasteiger partial charge in [0.1, 0.15) is 5.01 Å². The Morgan fingerprint density at radius 1 is 1.20 bits per heavy atom. The molecular weight excluding hydrogens is 270 g/mol. The maximum absolute atomic E-state index is 6.11. The Kier molecular flexibility index (Phi) is 3.50. The Morgan fingerprint density at radius 3 is 2.65 bits per heavy atom. The number of nitrogens with two attached hydrogens (primary N) is 1. The highest BCUT2D eigenvalue weighted by atomic mass is 32.1. The monoisotopic (exact) mass is 287 g/mol. The average molecular weight is 287 g/mol. The van der Waals surface area contributed by atoms with Crippen LogP contribution in [0.3, 0.4) is 0 Å². The van der Waals surface area contributed by atoms with Crippen molar-refractivity contribution in [1.82, 2.24) is 19.8 Å². The molecule has 0 spiro atoms. The van der Waals surface area contributed by atoms with Gasteiger partial charge in [-0.1, -0.05) is 55.5 Å². The fraction of sp³-hybridized carbons (Fsp3) is 0.357. The molecule has 0 aliphatic heterocycles. The Bertz CT molecular complexity index is 701. The first-order chi connectivity index (χ1) is 9.65. The van der Waals surface area contributed by atoms with Crippen LogP contribution in [0.25, 0.3) is 16.3 Å². The zero-order chi connectivity index (χ0) is 14.1. The molecule has 2 aromatic heterocycles. The standard InChI is InChI=1S/C14H17N5S/c1-9(2)11(15)8-12-18-19-13(16-17-14(19)20-12)10-6-4-3-5-7-10/h3-7,9,11H,8,15H2,1-2H3. The van der Waals surface area contributed by atoms with Crippen molar-refractivity contribution in [1.29, 1.82) is 0 Å². The third kappa shape index (κ3) is 2.44. The number of benzene rings is 1. The largest absolute Gasteiger partial charge is 0.327 e. The molecule has 2 heterocycles. The molecule has 5 nitrogen and oxygen atoms in total. The molecule has 0 aliphatic rings. The molecule has 104 valence electrons. The van der Waals surface area contributed by atoms with Crippen molar-refractivity contribution in [3.63, 3.8) is 0 Å². The molecule has 1 atom stereocenters. The van der Waals surface area contributed by atoms with E-state index in [2.05, 4.69) is 29.1 Å². The van der Waals surface area contributed by atoms with Crippen LogP contribution in [0.2, 0.25) is 0 Å². The van der Waals surface area contributed by atoms with E-state index >= 15 is 0 Å². The average Bonchev–Trinajstić information content (AvgIpc) is 2.99. The molecule has 0 saturated carbocycles. The highest BCUT2D eigenvalue weighted by Crippen LogP contribution is 2.22. The predicted octanol–water partition coefficient (Wildman–Crippen LogP) is 2.38. The van der Waals surface area contributed by atoms with Crippen LogP contribution >= 0.6 is 11.3 Å². The second kappa shape index (κ2) is 5.30. The van der Waals surface area contributed by atoms with Gasteiger partial charge in [0.25, 0.3) is 0 Å². The van der Waals surface area contributed by atoms with Crippen LogP contribution in [0.4, 0.5) is 0 Å². The highest BCUT2D eigenvalue weighted by molar-refractivity contribution is 7.16. The predicted molar refractivity (Wildman–Crippen MR) is 80.6 cm³/mol. The number of hydrogen-bond donors (Lipinski definition) is 1. The number of hydrogen-bond acceptors (Lipinski definition) is 5. The number of nitrogens with zero attached hydrogens (tertiary/aromatic N) is 4. The summed E-state index contributed by atoms with van der Waals surface area (Å²) in [5.74, 6) is 1.22. The van der Waals surface area contributed by atoms with Gasteiger partial charge in [-0.05, 0) is 5.92 Å². The van der Waals surface area contributed by atoms with E-state index in [1.165, 1.54) is 0 Å². The first-order valence-corrected chi connectivity index (χ1v) is 7.49. The van der Waals surface area contributed by atoms with Crippen molar-refractivity contribution >= 4 is 16.3 Å². The lowest BCUT2D eigenvalue weighted by Crippen LogP contribution is -2.28. The number of fused-ring (bicyclic) bond motifs is 1. The zero-order valence-corrected chi connectivity index (χ0v) is 12.3. The van der Waals surface area contributed by atoms with E-state index in [0.717, 1.165) is 27.8 Å². The van der Waals surface area contributed by atoms with E-state index in [-0.39, 0.29) is 6.04 Å². The van der Waals surface area contributed by atoms with Crippen LogP contribution in [0.15, 0.2) is 30.3 Å². The molecule has 20 heavy (non-hydrogen) atoms. The molecule has 0 radical (unpaired) electrons. The molecule has 3 rings (SSSR count). The van der Waals surface area contributed by atoms with Gasteiger partial charge in [0.05, 0.1) is 0 Å². The summed E-state index contributed by atoms with van der Waals surface area (Å²) in [6.45, 7) is 4.25. The second-order valence-electron chi connectivity index (χ2n) is 5.19. The molecule has 6 heteroatoms. The quantitative estimate of drug-likeness (QED) is 0.800. The van der Waals surface area contributed by atoms with Crippen LogP contribution < -0.4 is 5.73 Å². The maximum Gasteiger partial charge on any atom is 0.234 e. The van der Waals surface area contributed by atoms with Crippen LogP contribution in [0.1, 0.15) is 18.9 Å². The minimum atomic E-state index is 0.124. The normalized spacial score (nSPS) is 13.2. The van der Waals surface area contributed by atoms with Gasteiger partial charge in [0.15, 0.2) is 5.82 Å². The number of rotatable bonds is 4. The Morgan fingerprint density at radius 2 is 1.95 bits per heavy atom. The van der Waals surface area contributed by atoms with Gasteiger partial charge < -0.3 is 5.73 Å². The van der Waals surface area contributed by atoms with Crippen LogP contribution in [-0.4, -0.2) is 25.9 Å². The van der Waals surface area contributed by atoms with Crippen molar-refractivity contribution in [3.8, 4) is 11.4 Å². The van der Waals surface area contributed by atoms with Gasteiger partial charge in [-0.3, -0.25) is 0 Å². The van der Waals surface area contributed by atoms with Crippen molar-refractivity contribution in [2.24, 2.45) is 11.7 Å². The fourth-order valence-electron chi connectivity index (χ4n) is 1.94. The molecule has 0 bridgehead atoms. The second-order valence-corrected chi connectivity index (χ2v) is 6.23. The molecule has 2 N–H and O–H groups in total. The third-order valence-corrected chi connectivity index (χ3v) is 4.25. The van der Waals surface area contributed by atoms with E-state index in [1.54, 1.807) is 11.3 Å². The van der Waals surface area contributed by atoms with E-state index in [0.29, 0.717) is 5.92 Å². The third-order valence-electron chi connectivity index (χ3n) is 3.33. The van der Waals surface area contributed by atoms with E-state index in [1.807, 2.05) is 34.8 Å². The summed E-state index contributed by atoms with van der Waals surface area (Å²) < 4.78 is 1.81. The molecule has 0 saturated heterocycles. The maximum atomic E-state index is 6.11. The minimum Gasteiger partial charge on any atom is -0.327 e. The van der Waals surface area contributed by atoms with Gasteiger partial charge in [0, 0.05) is 18.0 Å². The number of aromatic nitrogens is 4. The smallest absolute Gasteiger partial charge is 0.234 e. The van der Waals surface area contributed by atoms with E-state index in [4.69, 9.17) is 5.73 Å². The lowest BCUT2D eigenvalue weighted by Gasteiger charge is -2.12. The van der Waals surface area contributed by atoms with Crippen molar-refractivity contribution in [3.05, 3.63) is 35.3 Å². The summed E-state index contributed by atoms with van der Waals surface area (Å²) in [7, 11) is 0. The SMILES string of the molecule is CC(C)C(N)Cc1nn2c(-c3ccccc3)nnc2s1. The van der Waals surface area contributed by atoms with Crippen molar-refractivity contribution in [2.45, 2.75) is 26.3 Å². The molecule has 3 aromatic rings. The topological polar surface area (TPSA) is 69.1 Å².